The van der Waals surface area contributed by atoms with Gasteiger partial charge < -0.3 is 5.32 Å². The second kappa shape index (κ2) is 8.34. The molecule has 3 aromatic rings. The maximum Gasteiger partial charge on any atom is 0.274 e. The molecule has 0 aliphatic carbocycles. The quantitative estimate of drug-likeness (QED) is 0.452. The number of nitro groups is 1. The van der Waals surface area contributed by atoms with Crippen molar-refractivity contribution in [2.75, 3.05) is 10.0 Å². The van der Waals surface area contributed by atoms with Crippen LogP contribution in [0.5, 0.6) is 0 Å². The summed E-state index contributed by atoms with van der Waals surface area (Å²) in [6.07, 6.45) is 0. The molecule has 2 N–H and O–H groups in total. The van der Waals surface area contributed by atoms with Crippen molar-refractivity contribution in [1.82, 2.24) is 0 Å². The van der Waals surface area contributed by atoms with Crippen LogP contribution >= 0.6 is 0 Å². The molecule has 0 radical (unpaired) electrons. The van der Waals surface area contributed by atoms with Gasteiger partial charge in [-0.2, -0.15) is 0 Å². The molecule has 0 aromatic heterocycles. The van der Waals surface area contributed by atoms with E-state index < -0.39 is 20.9 Å². The van der Waals surface area contributed by atoms with Gasteiger partial charge in [-0.1, -0.05) is 24.3 Å². The molecular weight excluding hydrogens is 406 g/mol. The monoisotopic (exact) mass is 425 g/mol. The zero-order valence-electron chi connectivity index (χ0n) is 16.2. The Labute approximate surface area is 173 Å². The largest absolute Gasteiger partial charge is 0.321 e. The van der Waals surface area contributed by atoms with Gasteiger partial charge in [0.15, 0.2) is 0 Å². The molecule has 0 bridgehead atoms. The SMILES string of the molecule is Cc1cccc(NS(=O)(=O)c2cccc(C(=O)Nc3cccc([N+](=O)[O-])c3C)c2)c1. The maximum absolute atomic E-state index is 12.7. The molecule has 3 aromatic carbocycles. The number of nitro benzene ring substituents is 1. The summed E-state index contributed by atoms with van der Waals surface area (Å²) in [5.41, 5.74) is 1.88. The predicted molar refractivity (Wildman–Crippen MR) is 114 cm³/mol. The summed E-state index contributed by atoms with van der Waals surface area (Å²) in [6.45, 7) is 3.37. The minimum atomic E-state index is -3.90. The smallest absolute Gasteiger partial charge is 0.274 e. The second-order valence-corrected chi connectivity index (χ2v) is 8.35. The van der Waals surface area contributed by atoms with Gasteiger partial charge in [-0.25, -0.2) is 8.42 Å². The number of nitrogens with zero attached hydrogens (tertiary/aromatic N) is 1. The third kappa shape index (κ3) is 4.64. The number of sulfonamides is 1. The highest BCUT2D eigenvalue weighted by molar-refractivity contribution is 7.92. The van der Waals surface area contributed by atoms with Crippen LogP contribution in [0, 0.1) is 24.0 Å². The second-order valence-electron chi connectivity index (χ2n) is 6.66. The average molecular weight is 425 g/mol. The Morgan fingerprint density at radius 3 is 2.37 bits per heavy atom. The van der Waals surface area contributed by atoms with Gasteiger partial charge in [0, 0.05) is 17.3 Å². The van der Waals surface area contributed by atoms with E-state index in [9.17, 15) is 23.3 Å². The van der Waals surface area contributed by atoms with E-state index in [1.165, 1.54) is 43.3 Å². The third-order valence-corrected chi connectivity index (χ3v) is 5.81. The Kier molecular flexibility index (Phi) is 5.84. The molecule has 1 amide bonds. The van der Waals surface area contributed by atoms with Gasteiger partial charge in [0.05, 0.1) is 21.1 Å². The summed E-state index contributed by atoms with van der Waals surface area (Å²) in [5.74, 6) is -0.578. The number of nitrogens with one attached hydrogen (secondary N) is 2. The minimum Gasteiger partial charge on any atom is -0.321 e. The van der Waals surface area contributed by atoms with E-state index in [4.69, 9.17) is 0 Å². The van der Waals surface area contributed by atoms with Crippen molar-refractivity contribution in [3.8, 4) is 0 Å². The number of rotatable bonds is 6. The molecule has 8 nitrogen and oxygen atoms in total. The summed E-state index contributed by atoms with van der Waals surface area (Å²) in [7, 11) is -3.90. The Morgan fingerprint density at radius 2 is 1.67 bits per heavy atom. The van der Waals surface area contributed by atoms with Crippen LogP contribution in [-0.4, -0.2) is 19.2 Å². The van der Waals surface area contributed by atoms with Crippen LogP contribution in [0.25, 0.3) is 0 Å². The summed E-state index contributed by atoms with van der Waals surface area (Å²) < 4.78 is 27.9. The number of anilines is 2. The van der Waals surface area contributed by atoms with Gasteiger partial charge in [0.2, 0.25) is 0 Å². The van der Waals surface area contributed by atoms with Crippen molar-refractivity contribution in [3.05, 3.63) is 93.5 Å². The first-order valence-electron chi connectivity index (χ1n) is 8.92. The summed E-state index contributed by atoms with van der Waals surface area (Å²) >= 11 is 0. The van der Waals surface area contributed by atoms with Gasteiger partial charge in [-0.3, -0.25) is 19.6 Å². The Balaban J connectivity index is 1.85. The van der Waals surface area contributed by atoms with Crippen LogP contribution in [0.1, 0.15) is 21.5 Å². The molecule has 3 rings (SSSR count). The van der Waals surface area contributed by atoms with Crippen molar-refractivity contribution in [2.45, 2.75) is 18.7 Å². The minimum absolute atomic E-state index is 0.0765. The Morgan fingerprint density at radius 1 is 0.967 bits per heavy atom. The van der Waals surface area contributed by atoms with Crippen molar-refractivity contribution < 1.29 is 18.1 Å². The predicted octanol–water partition coefficient (Wildman–Crippen LogP) is 4.26. The molecule has 0 saturated heterocycles. The topological polar surface area (TPSA) is 118 Å². The summed E-state index contributed by atoms with van der Waals surface area (Å²) in [4.78, 5) is 23.1. The summed E-state index contributed by atoms with van der Waals surface area (Å²) in [6, 6.07) is 16.8. The summed E-state index contributed by atoms with van der Waals surface area (Å²) in [5, 5.41) is 13.7. The van der Waals surface area contributed by atoms with E-state index >= 15 is 0 Å². The molecule has 0 aliphatic rings. The van der Waals surface area contributed by atoms with Crippen LogP contribution in [0.2, 0.25) is 0 Å². The van der Waals surface area contributed by atoms with E-state index in [0.29, 0.717) is 11.3 Å². The Hall–Kier alpha value is -3.72. The lowest BCUT2D eigenvalue weighted by Gasteiger charge is -2.11. The van der Waals surface area contributed by atoms with E-state index in [1.54, 1.807) is 24.3 Å². The Bertz CT molecular complexity index is 1240. The average Bonchev–Trinajstić information content (AvgIpc) is 2.69. The number of aryl methyl sites for hydroxylation is 1. The highest BCUT2D eigenvalue weighted by Crippen LogP contribution is 2.26. The number of hydrogen-bond acceptors (Lipinski definition) is 5. The van der Waals surface area contributed by atoms with Crippen LogP contribution in [-0.2, 0) is 10.0 Å². The van der Waals surface area contributed by atoms with Gasteiger partial charge in [0.1, 0.15) is 0 Å². The van der Waals surface area contributed by atoms with E-state index in [1.807, 2.05) is 13.0 Å². The molecule has 0 spiro atoms. The zero-order chi connectivity index (χ0) is 21.9. The molecule has 0 fully saturated rings. The van der Waals surface area contributed by atoms with Crippen molar-refractivity contribution in [3.63, 3.8) is 0 Å². The number of hydrogen-bond donors (Lipinski definition) is 2. The number of benzene rings is 3. The van der Waals surface area contributed by atoms with Gasteiger partial charge >= 0.3 is 0 Å². The number of carbonyl (C=O) groups is 1. The fourth-order valence-electron chi connectivity index (χ4n) is 2.88. The van der Waals surface area contributed by atoms with Crippen LogP contribution < -0.4 is 10.0 Å². The highest BCUT2D eigenvalue weighted by Gasteiger charge is 2.19. The first kappa shape index (κ1) is 21.0. The van der Waals surface area contributed by atoms with E-state index in [-0.39, 0.29) is 21.8 Å². The first-order valence-corrected chi connectivity index (χ1v) is 10.4. The van der Waals surface area contributed by atoms with Crippen molar-refractivity contribution in [1.29, 1.82) is 0 Å². The lowest BCUT2D eigenvalue weighted by Crippen LogP contribution is -2.16. The van der Waals surface area contributed by atoms with Crippen molar-refractivity contribution >= 4 is 33.0 Å². The fraction of sp³-hybridized carbons (Fsp3) is 0.0952. The van der Waals surface area contributed by atoms with E-state index in [2.05, 4.69) is 10.0 Å². The van der Waals surface area contributed by atoms with Gasteiger partial charge in [0.25, 0.3) is 21.6 Å². The standard InChI is InChI=1S/C21H19N3O5S/c1-14-6-3-8-17(12-14)23-30(28,29)18-9-4-7-16(13-18)21(25)22-19-10-5-11-20(15(19)2)24(26)27/h3-13,23H,1-2H3,(H,22,25). The van der Waals surface area contributed by atoms with E-state index in [0.717, 1.165) is 5.56 Å². The molecule has 0 atom stereocenters. The third-order valence-electron chi connectivity index (χ3n) is 4.43. The molecule has 0 unspecified atom stereocenters. The molecule has 9 heteroatoms. The maximum atomic E-state index is 12.7. The van der Waals surface area contributed by atoms with Gasteiger partial charge in [-0.05, 0) is 55.8 Å². The van der Waals surface area contributed by atoms with Crippen molar-refractivity contribution in [2.24, 2.45) is 0 Å². The zero-order valence-corrected chi connectivity index (χ0v) is 17.1. The normalized spacial score (nSPS) is 11.0. The molecule has 154 valence electrons. The molecular formula is C21H19N3O5S. The number of carbonyl (C=O) groups excluding carboxylic acids is 1. The molecule has 0 heterocycles. The van der Waals surface area contributed by atoms with Gasteiger partial charge in [-0.15, -0.1) is 0 Å². The lowest BCUT2D eigenvalue weighted by atomic mass is 10.1. The molecule has 0 saturated carbocycles. The van der Waals surface area contributed by atoms with Crippen LogP contribution in [0.3, 0.4) is 0 Å². The lowest BCUT2D eigenvalue weighted by molar-refractivity contribution is -0.385. The first-order chi connectivity index (χ1) is 14.2. The number of amides is 1. The molecule has 30 heavy (non-hydrogen) atoms. The fourth-order valence-corrected chi connectivity index (χ4v) is 3.97. The van der Waals surface area contributed by atoms with Crippen LogP contribution in [0.4, 0.5) is 17.1 Å². The highest BCUT2D eigenvalue weighted by atomic mass is 32.2. The molecule has 0 aliphatic heterocycles. The van der Waals surface area contributed by atoms with Crippen LogP contribution in [0.15, 0.2) is 71.6 Å².